The maximum absolute atomic E-state index is 14.9. The van der Waals surface area contributed by atoms with E-state index in [1.54, 1.807) is 34.1 Å². The van der Waals surface area contributed by atoms with Crippen molar-refractivity contribution in [2.45, 2.75) is 19.6 Å². The molecule has 0 spiro atoms. The summed E-state index contributed by atoms with van der Waals surface area (Å²) in [6.07, 6.45) is 2.28. The van der Waals surface area contributed by atoms with Crippen molar-refractivity contribution in [1.29, 1.82) is 0 Å². The number of piperazine rings is 1. The van der Waals surface area contributed by atoms with Gasteiger partial charge in [-0.25, -0.2) is 13.9 Å². The number of hydrogen-bond acceptors (Lipinski definition) is 7. The zero-order valence-corrected chi connectivity index (χ0v) is 17.6. The smallest absolute Gasteiger partial charge is 0.414 e. The molecule has 3 heterocycles. The van der Waals surface area contributed by atoms with Crippen molar-refractivity contribution in [3.05, 3.63) is 36.4 Å². The van der Waals surface area contributed by atoms with Crippen LogP contribution in [-0.4, -0.2) is 83.2 Å². The van der Waals surface area contributed by atoms with Gasteiger partial charge in [-0.05, 0) is 18.2 Å². The molecule has 0 unspecified atom stereocenters. The first-order chi connectivity index (χ1) is 15.4. The van der Waals surface area contributed by atoms with Crippen LogP contribution in [-0.2, 0) is 20.9 Å². The van der Waals surface area contributed by atoms with E-state index >= 15 is 0 Å². The minimum absolute atomic E-state index is 0.0395. The lowest BCUT2D eigenvalue weighted by Crippen LogP contribution is -2.51. The van der Waals surface area contributed by atoms with Crippen LogP contribution in [0.25, 0.3) is 0 Å². The number of ether oxygens (including phenoxy) is 1. The summed E-state index contributed by atoms with van der Waals surface area (Å²) in [5.41, 5.74) is 0.830. The van der Waals surface area contributed by atoms with E-state index < -0.39 is 18.0 Å². The second kappa shape index (κ2) is 9.20. The van der Waals surface area contributed by atoms with Crippen LogP contribution in [0.5, 0.6) is 0 Å². The SMILES string of the molecule is CC(=O)NCC(=O)N1CCN(c2ccc(N3C[C@H](Cn4ccnn4)OC3=O)cc2F)CC1. The first-order valence-electron chi connectivity index (χ1n) is 10.3. The fourth-order valence-electron chi connectivity index (χ4n) is 3.79. The molecule has 2 aliphatic rings. The van der Waals surface area contributed by atoms with Gasteiger partial charge in [-0.1, -0.05) is 5.21 Å². The summed E-state index contributed by atoms with van der Waals surface area (Å²) in [5, 5.41) is 10.1. The average molecular weight is 445 g/mol. The van der Waals surface area contributed by atoms with E-state index in [-0.39, 0.29) is 24.9 Å². The van der Waals surface area contributed by atoms with Gasteiger partial charge in [0, 0.05) is 39.3 Å². The number of anilines is 2. The number of carbonyl (C=O) groups excluding carboxylic acids is 3. The van der Waals surface area contributed by atoms with Crippen molar-refractivity contribution in [1.82, 2.24) is 25.2 Å². The lowest BCUT2D eigenvalue weighted by Gasteiger charge is -2.36. The molecule has 2 aliphatic heterocycles. The lowest BCUT2D eigenvalue weighted by atomic mass is 10.2. The minimum atomic E-state index is -0.534. The summed E-state index contributed by atoms with van der Waals surface area (Å²) in [4.78, 5) is 40.3. The minimum Gasteiger partial charge on any atom is -0.442 e. The van der Waals surface area contributed by atoms with Crippen molar-refractivity contribution >= 4 is 29.3 Å². The highest BCUT2D eigenvalue weighted by Gasteiger charge is 2.33. The van der Waals surface area contributed by atoms with E-state index in [0.29, 0.717) is 44.1 Å². The van der Waals surface area contributed by atoms with Gasteiger partial charge < -0.3 is 19.9 Å². The number of nitrogens with one attached hydrogen (secondary N) is 1. The Balaban J connectivity index is 1.35. The number of cyclic esters (lactones) is 1. The van der Waals surface area contributed by atoms with Crippen molar-refractivity contribution in [2.24, 2.45) is 0 Å². The Kier molecular flexibility index (Phi) is 6.19. The van der Waals surface area contributed by atoms with Crippen LogP contribution in [0.4, 0.5) is 20.6 Å². The van der Waals surface area contributed by atoms with Crippen LogP contribution in [0, 0.1) is 5.82 Å². The Bertz CT molecular complexity index is 992. The van der Waals surface area contributed by atoms with Crippen molar-refractivity contribution in [2.75, 3.05) is 49.1 Å². The van der Waals surface area contributed by atoms with E-state index in [4.69, 9.17) is 4.74 Å². The van der Waals surface area contributed by atoms with Crippen LogP contribution < -0.4 is 15.1 Å². The summed E-state index contributed by atoms with van der Waals surface area (Å²) < 4.78 is 21.8. The maximum Gasteiger partial charge on any atom is 0.414 e. The monoisotopic (exact) mass is 445 g/mol. The third-order valence-corrected chi connectivity index (χ3v) is 5.44. The highest BCUT2D eigenvalue weighted by molar-refractivity contribution is 5.90. The number of benzene rings is 1. The number of nitrogens with zero attached hydrogens (tertiary/aromatic N) is 6. The van der Waals surface area contributed by atoms with Crippen molar-refractivity contribution in [3.63, 3.8) is 0 Å². The first kappa shape index (κ1) is 21.5. The Hall–Kier alpha value is -3.70. The Morgan fingerprint density at radius 1 is 1.25 bits per heavy atom. The number of rotatable bonds is 6. The molecule has 12 heteroatoms. The van der Waals surface area contributed by atoms with Gasteiger partial charge in [0.15, 0.2) is 0 Å². The fraction of sp³-hybridized carbons (Fsp3) is 0.450. The van der Waals surface area contributed by atoms with Crippen molar-refractivity contribution in [3.8, 4) is 0 Å². The topological polar surface area (TPSA) is 113 Å². The maximum atomic E-state index is 14.9. The van der Waals surface area contributed by atoms with E-state index in [1.807, 2.05) is 4.90 Å². The van der Waals surface area contributed by atoms with Gasteiger partial charge in [-0.3, -0.25) is 14.5 Å². The van der Waals surface area contributed by atoms with Crippen LogP contribution >= 0.6 is 0 Å². The quantitative estimate of drug-likeness (QED) is 0.677. The number of amides is 3. The zero-order chi connectivity index (χ0) is 22.7. The van der Waals surface area contributed by atoms with E-state index in [2.05, 4.69) is 15.6 Å². The van der Waals surface area contributed by atoms with E-state index in [9.17, 15) is 18.8 Å². The molecule has 0 saturated carbocycles. The molecule has 1 aromatic carbocycles. The predicted molar refractivity (Wildman–Crippen MR) is 112 cm³/mol. The lowest BCUT2D eigenvalue weighted by molar-refractivity contribution is -0.132. The summed E-state index contributed by atoms with van der Waals surface area (Å²) in [5.74, 6) is -0.873. The van der Waals surface area contributed by atoms with Gasteiger partial charge in [-0.15, -0.1) is 5.10 Å². The van der Waals surface area contributed by atoms with Crippen LogP contribution in [0.3, 0.4) is 0 Å². The highest BCUT2D eigenvalue weighted by Crippen LogP contribution is 2.28. The molecule has 2 fully saturated rings. The number of carbonyl (C=O) groups is 3. The van der Waals surface area contributed by atoms with Gasteiger partial charge in [0.25, 0.3) is 0 Å². The number of aromatic nitrogens is 3. The Morgan fingerprint density at radius 3 is 2.69 bits per heavy atom. The molecule has 170 valence electrons. The summed E-state index contributed by atoms with van der Waals surface area (Å²) in [6, 6.07) is 4.64. The average Bonchev–Trinajstić information content (AvgIpc) is 3.41. The normalized spacial score (nSPS) is 18.6. The molecule has 1 atom stereocenters. The second-order valence-electron chi connectivity index (χ2n) is 7.65. The van der Waals surface area contributed by atoms with Crippen LogP contribution in [0.2, 0.25) is 0 Å². The van der Waals surface area contributed by atoms with Gasteiger partial charge >= 0.3 is 6.09 Å². The first-order valence-corrected chi connectivity index (χ1v) is 10.3. The molecule has 3 amide bonds. The Labute approximate surface area is 183 Å². The van der Waals surface area contributed by atoms with E-state index in [0.717, 1.165) is 0 Å². The van der Waals surface area contributed by atoms with Gasteiger partial charge in [0.05, 0.1) is 37.2 Å². The zero-order valence-electron chi connectivity index (χ0n) is 17.6. The molecule has 2 saturated heterocycles. The summed E-state index contributed by atoms with van der Waals surface area (Å²) in [7, 11) is 0. The van der Waals surface area contributed by atoms with E-state index in [1.165, 1.54) is 17.9 Å². The van der Waals surface area contributed by atoms with Gasteiger partial charge in [-0.2, -0.15) is 0 Å². The molecular weight excluding hydrogens is 421 g/mol. The molecule has 32 heavy (non-hydrogen) atoms. The molecule has 1 N–H and O–H groups in total. The molecule has 0 radical (unpaired) electrons. The van der Waals surface area contributed by atoms with Crippen LogP contribution in [0.15, 0.2) is 30.6 Å². The number of hydrogen-bond donors (Lipinski definition) is 1. The molecule has 4 rings (SSSR count). The number of halogens is 1. The third-order valence-electron chi connectivity index (χ3n) is 5.44. The predicted octanol–water partition coefficient (Wildman–Crippen LogP) is 0.227. The second-order valence-corrected chi connectivity index (χ2v) is 7.65. The molecular formula is C20H24FN7O4. The molecule has 11 nitrogen and oxygen atoms in total. The molecule has 1 aromatic heterocycles. The Morgan fingerprint density at radius 2 is 2.03 bits per heavy atom. The standard InChI is InChI=1S/C20H24FN7O4/c1-14(29)22-11-19(30)26-8-6-25(7-9-26)18-3-2-15(10-17(18)21)28-13-16(32-20(28)31)12-27-5-4-23-24-27/h2-5,10,16H,6-9,11-13H2,1H3,(H,22,29)/t16-/m0/s1. The molecule has 0 bridgehead atoms. The van der Waals surface area contributed by atoms with Gasteiger partial charge in [0.1, 0.15) is 11.9 Å². The third kappa shape index (κ3) is 4.79. The molecule has 0 aliphatic carbocycles. The highest BCUT2D eigenvalue weighted by atomic mass is 19.1. The van der Waals surface area contributed by atoms with Crippen LogP contribution in [0.1, 0.15) is 6.92 Å². The largest absolute Gasteiger partial charge is 0.442 e. The summed E-state index contributed by atoms with van der Waals surface area (Å²) >= 11 is 0. The van der Waals surface area contributed by atoms with Gasteiger partial charge in [0.2, 0.25) is 11.8 Å². The summed E-state index contributed by atoms with van der Waals surface area (Å²) in [6.45, 7) is 3.77. The molecule has 2 aromatic rings. The fourth-order valence-corrected chi connectivity index (χ4v) is 3.79. The van der Waals surface area contributed by atoms with Crippen molar-refractivity contribution < 1.29 is 23.5 Å².